The van der Waals surface area contributed by atoms with Gasteiger partial charge < -0.3 is 14.5 Å². The van der Waals surface area contributed by atoms with Crippen molar-refractivity contribution < 1.29 is 13.9 Å². The van der Waals surface area contributed by atoms with Crippen LogP contribution >= 0.6 is 0 Å². The number of nitrogens with one attached hydrogen (secondary N) is 1. The van der Waals surface area contributed by atoms with Crippen LogP contribution in [0.15, 0.2) is 53.1 Å². The van der Waals surface area contributed by atoms with Gasteiger partial charge in [-0.25, -0.2) is 0 Å². The Labute approximate surface area is 143 Å². The summed E-state index contributed by atoms with van der Waals surface area (Å²) >= 11 is 0. The zero-order valence-electron chi connectivity index (χ0n) is 14.1. The molecule has 1 aliphatic carbocycles. The van der Waals surface area contributed by atoms with Crippen molar-refractivity contribution in [1.82, 2.24) is 5.32 Å². The van der Waals surface area contributed by atoms with Crippen LogP contribution < -0.4 is 5.32 Å². The molecule has 1 amide bonds. The lowest BCUT2D eigenvalue weighted by atomic mass is 9.91. The van der Waals surface area contributed by atoms with E-state index < -0.39 is 0 Å². The van der Waals surface area contributed by atoms with Crippen LogP contribution in [0, 0.1) is 0 Å². The Kier molecular flexibility index (Phi) is 5.70. The third-order valence-electron chi connectivity index (χ3n) is 4.85. The molecule has 128 valence electrons. The van der Waals surface area contributed by atoms with E-state index in [4.69, 9.17) is 9.15 Å². The molecule has 4 heteroatoms. The minimum Gasteiger partial charge on any atom is -0.469 e. The van der Waals surface area contributed by atoms with E-state index in [1.165, 1.54) is 0 Å². The number of hydrogen-bond acceptors (Lipinski definition) is 3. The number of benzene rings is 1. The Balaban J connectivity index is 1.62. The molecular formula is C20H25NO3. The van der Waals surface area contributed by atoms with Crippen molar-refractivity contribution >= 4 is 5.91 Å². The van der Waals surface area contributed by atoms with E-state index in [1.54, 1.807) is 13.4 Å². The molecule has 1 saturated carbocycles. The topological polar surface area (TPSA) is 51.5 Å². The molecule has 1 aliphatic rings. The van der Waals surface area contributed by atoms with Gasteiger partial charge in [-0.2, -0.15) is 0 Å². The molecule has 0 radical (unpaired) electrons. The van der Waals surface area contributed by atoms with E-state index in [9.17, 15) is 4.79 Å². The van der Waals surface area contributed by atoms with Gasteiger partial charge in [0.2, 0.25) is 5.91 Å². The van der Waals surface area contributed by atoms with Crippen molar-refractivity contribution in [1.29, 1.82) is 0 Å². The molecule has 0 aliphatic heterocycles. The van der Waals surface area contributed by atoms with E-state index in [1.807, 2.05) is 42.5 Å². The second-order valence-corrected chi connectivity index (χ2v) is 6.46. The van der Waals surface area contributed by atoms with Gasteiger partial charge in [-0.05, 0) is 43.4 Å². The van der Waals surface area contributed by atoms with Gasteiger partial charge in [-0.1, -0.05) is 30.3 Å². The molecule has 1 unspecified atom stereocenters. The Morgan fingerprint density at radius 3 is 2.54 bits per heavy atom. The van der Waals surface area contributed by atoms with Crippen LogP contribution in [0.25, 0.3) is 0 Å². The van der Waals surface area contributed by atoms with E-state index in [0.717, 1.165) is 37.0 Å². The highest BCUT2D eigenvalue weighted by Crippen LogP contribution is 2.29. The second kappa shape index (κ2) is 8.15. The summed E-state index contributed by atoms with van der Waals surface area (Å²) in [4.78, 5) is 12.6. The monoisotopic (exact) mass is 327 g/mol. The summed E-state index contributed by atoms with van der Waals surface area (Å²) in [6.07, 6.45) is 6.42. The number of furan rings is 1. The fourth-order valence-electron chi connectivity index (χ4n) is 3.47. The predicted octanol–water partition coefficient (Wildman–Crippen LogP) is 3.88. The molecule has 3 rings (SSSR count). The highest BCUT2D eigenvalue weighted by atomic mass is 16.5. The number of carbonyl (C=O) groups is 1. The second-order valence-electron chi connectivity index (χ2n) is 6.46. The summed E-state index contributed by atoms with van der Waals surface area (Å²) in [7, 11) is 1.76. The van der Waals surface area contributed by atoms with E-state index in [0.29, 0.717) is 12.5 Å². The third-order valence-corrected chi connectivity index (χ3v) is 4.85. The van der Waals surface area contributed by atoms with Crippen LogP contribution in [0.2, 0.25) is 0 Å². The zero-order chi connectivity index (χ0) is 16.8. The lowest BCUT2D eigenvalue weighted by Crippen LogP contribution is -2.39. The summed E-state index contributed by atoms with van der Waals surface area (Å²) in [6, 6.07) is 14.1. The van der Waals surface area contributed by atoms with Crippen LogP contribution in [-0.2, 0) is 9.53 Å². The highest BCUT2D eigenvalue weighted by molar-refractivity contribution is 5.77. The maximum atomic E-state index is 12.6. The quantitative estimate of drug-likeness (QED) is 0.876. The van der Waals surface area contributed by atoms with Crippen LogP contribution in [-0.4, -0.2) is 25.2 Å². The van der Waals surface area contributed by atoms with Gasteiger partial charge in [-0.3, -0.25) is 4.79 Å². The van der Waals surface area contributed by atoms with Gasteiger partial charge in [0.05, 0.1) is 18.3 Å². The van der Waals surface area contributed by atoms with Crippen LogP contribution in [0.3, 0.4) is 0 Å². The Morgan fingerprint density at radius 1 is 1.17 bits per heavy atom. The van der Waals surface area contributed by atoms with Gasteiger partial charge in [0, 0.05) is 19.6 Å². The number of rotatable bonds is 6. The Hall–Kier alpha value is -2.07. The first-order valence-corrected chi connectivity index (χ1v) is 8.66. The van der Waals surface area contributed by atoms with E-state index in [2.05, 4.69) is 5.32 Å². The summed E-state index contributed by atoms with van der Waals surface area (Å²) in [5, 5.41) is 3.19. The van der Waals surface area contributed by atoms with Crippen molar-refractivity contribution in [2.75, 3.05) is 7.11 Å². The van der Waals surface area contributed by atoms with Crippen molar-refractivity contribution in [3.63, 3.8) is 0 Å². The fourth-order valence-corrected chi connectivity index (χ4v) is 3.47. The lowest BCUT2D eigenvalue weighted by molar-refractivity contribution is -0.122. The smallest absolute Gasteiger partial charge is 0.221 e. The number of amides is 1. The predicted molar refractivity (Wildman–Crippen MR) is 92.8 cm³/mol. The largest absolute Gasteiger partial charge is 0.469 e. The van der Waals surface area contributed by atoms with Crippen molar-refractivity contribution in [2.24, 2.45) is 0 Å². The highest BCUT2D eigenvalue weighted by Gasteiger charge is 2.25. The Morgan fingerprint density at radius 2 is 1.92 bits per heavy atom. The number of ether oxygens (including phenoxy) is 1. The zero-order valence-corrected chi connectivity index (χ0v) is 14.1. The number of hydrogen-bond donors (Lipinski definition) is 1. The molecular weight excluding hydrogens is 302 g/mol. The fraction of sp³-hybridized carbons (Fsp3) is 0.450. The van der Waals surface area contributed by atoms with Crippen LogP contribution in [0.4, 0.5) is 0 Å². The van der Waals surface area contributed by atoms with E-state index in [-0.39, 0.29) is 17.9 Å². The molecule has 0 spiro atoms. The van der Waals surface area contributed by atoms with Gasteiger partial charge >= 0.3 is 0 Å². The summed E-state index contributed by atoms with van der Waals surface area (Å²) in [5.74, 6) is 0.872. The third kappa shape index (κ3) is 4.26. The normalized spacial score (nSPS) is 22.0. The van der Waals surface area contributed by atoms with Crippen molar-refractivity contribution in [3.05, 3.63) is 60.1 Å². The molecule has 0 saturated heterocycles. The van der Waals surface area contributed by atoms with Gasteiger partial charge in [-0.15, -0.1) is 0 Å². The minimum absolute atomic E-state index is 0.0449. The molecule has 2 aromatic rings. The van der Waals surface area contributed by atoms with Crippen molar-refractivity contribution in [3.8, 4) is 0 Å². The molecule has 1 N–H and O–H groups in total. The van der Waals surface area contributed by atoms with Gasteiger partial charge in [0.1, 0.15) is 5.76 Å². The maximum Gasteiger partial charge on any atom is 0.221 e. The van der Waals surface area contributed by atoms with Gasteiger partial charge in [0.15, 0.2) is 0 Å². The van der Waals surface area contributed by atoms with Gasteiger partial charge in [0.25, 0.3) is 0 Å². The molecule has 1 aromatic heterocycles. The first kappa shape index (κ1) is 16.8. The standard InChI is InChI=1S/C20H25NO3/c1-23-17-11-9-16(10-12-17)21-20(22)14-18(19-8-5-13-24-19)15-6-3-2-4-7-15/h2-8,13,16-18H,9-12,14H2,1H3,(H,21,22). The van der Waals surface area contributed by atoms with E-state index >= 15 is 0 Å². The maximum absolute atomic E-state index is 12.6. The Bertz CT molecular complexity index is 616. The van der Waals surface area contributed by atoms with Crippen LogP contribution in [0.5, 0.6) is 0 Å². The first-order valence-electron chi connectivity index (χ1n) is 8.66. The number of carbonyl (C=O) groups excluding carboxylic acids is 1. The minimum atomic E-state index is -0.0449. The SMILES string of the molecule is COC1CCC(NC(=O)CC(c2ccccc2)c2ccco2)CC1. The molecule has 4 nitrogen and oxygen atoms in total. The summed E-state index contributed by atoms with van der Waals surface area (Å²) < 4.78 is 11.0. The first-order chi connectivity index (χ1) is 11.8. The lowest BCUT2D eigenvalue weighted by Gasteiger charge is -2.28. The molecule has 1 heterocycles. The number of methoxy groups -OCH3 is 1. The summed E-state index contributed by atoms with van der Waals surface area (Å²) in [6.45, 7) is 0. The average molecular weight is 327 g/mol. The molecule has 0 bridgehead atoms. The molecule has 1 atom stereocenters. The van der Waals surface area contributed by atoms with Crippen molar-refractivity contribution in [2.45, 2.75) is 50.2 Å². The average Bonchev–Trinajstić information content (AvgIpc) is 3.15. The molecule has 24 heavy (non-hydrogen) atoms. The summed E-state index contributed by atoms with van der Waals surface area (Å²) in [5.41, 5.74) is 1.10. The van der Waals surface area contributed by atoms with Crippen LogP contribution in [0.1, 0.15) is 49.3 Å². The molecule has 1 fully saturated rings. The molecule has 1 aromatic carbocycles.